The third-order valence-corrected chi connectivity index (χ3v) is 16.7. The van der Waals surface area contributed by atoms with Gasteiger partial charge >= 0.3 is 19.8 Å². The van der Waals surface area contributed by atoms with E-state index in [1.165, 1.54) is 231 Å². The van der Waals surface area contributed by atoms with E-state index in [1.807, 2.05) is 0 Å². The second-order valence-electron chi connectivity index (χ2n) is 24.1. The normalized spacial score (nSPS) is 13.4. The van der Waals surface area contributed by atoms with Gasteiger partial charge in [-0.25, -0.2) is 4.57 Å². The molecular formula is C75H136NO8P. The van der Waals surface area contributed by atoms with Gasteiger partial charge in [0.15, 0.2) is 6.10 Å². The summed E-state index contributed by atoms with van der Waals surface area (Å²) in [5, 5.41) is 0. The van der Waals surface area contributed by atoms with Gasteiger partial charge in [0.2, 0.25) is 0 Å². The third-order valence-electron chi connectivity index (χ3n) is 15.8. The quantitative estimate of drug-likeness (QED) is 0.0264. The number of esters is 2. The highest BCUT2D eigenvalue weighted by Gasteiger charge is 2.26. The average molecular weight is 1210 g/mol. The lowest BCUT2D eigenvalue weighted by atomic mass is 10.0. The van der Waals surface area contributed by atoms with Gasteiger partial charge in [0.05, 0.1) is 13.2 Å². The molecule has 0 aliphatic carbocycles. The summed E-state index contributed by atoms with van der Waals surface area (Å²) in [5.74, 6) is -0.820. The molecule has 0 aromatic carbocycles. The Balaban J connectivity index is 3.77. The first-order chi connectivity index (χ1) is 41.8. The molecule has 0 bridgehead atoms. The number of carbonyl (C=O) groups excluding carboxylic acids is 2. The van der Waals surface area contributed by atoms with E-state index >= 15 is 0 Å². The van der Waals surface area contributed by atoms with Crippen LogP contribution in [0.25, 0.3) is 0 Å². The first kappa shape index (κ1) is 82.2. The molecule has 0 fully saturated rings. The van der Waals surface area contributed by atoms with E-state index in [-0.39, 0.29) is 38.6 Å². The highest BCUT2D eigenvalue weighted by molar-refractivity contribution is 7.47. The smallest absolute Gasteiger partial charge is 0.462 e. The van der Waals surface area contributed by atoms with Crippen LogP contribution in [-0.4, -0.2) is 49.3 Å². The van der Waals surface area contributed by atoms with Crippen LogP contribution in [0.2, 0.25) is 0 Å². The minimum absolute atomic E-state index is 0.0514. The Hall–Kier alpha value is -2.81. The van der Waals surface area contributed by atoms with E-state index in [2.05, 4.69) is 98.9 Å². The maximum atomic E-state index is 12.7. The molecule has 2 unspecified atom stereocenters. The number of hydrogen-bond acceptors (Lipinski definition) is 8. The summed E-state index contributed by atoms with van der Waals surface area (Å²) in [6.07, 6.45) is 94.1. The zero-order valence-corrected chi connectivity index (χ0v) is 56.5. The third kappa shape index (κ3) is 70.2. The molecule has 0 aliphatic rings. The second-order valence-corrected chi connectivity index (χ2v) is 25.5. The second kappa shape index (κ2) is 70.3. The molecule has 2 atom stereocenters. The van der Waals surface area contributed by atoms with Crippen molar-refractivity contribution in [3.05, 3.63) is 85.1 Å². The van der Waals surface area contributed by atoms with Gasteiger partial charge in [0.25, 0.3) is 0 Å². The average Bonchev–Trinajstić information content (AvgIpc) is 3.52. The lowest BCUT2D eigenvalue weighted by Gasteiger charge is -2.19. The Labute approximate surface area is 525 Å². The predicted octanol–water partition coefficient (Wildman–Crippen LogP) is 23.8. The molecule has 0 aromatic rings. The molecule has 85 heavy (non-hydrogen) atoms. The monoisotopic (exact) mass is 1210 g/mol. The van der Waals surface area contributed by atoms with E-state index in [1.54, 1.807) is 0 Å². The summed E-state index contributed by atoms with van der Waals surface area (Å²) in [4.78, 5) is 35.3. The Kier molecular flexibility index (Phi) is 68.0. The van der Waals surface area contributed by atoms with E-state index in [0.29, 0.717) is 6.42 Å². The fourth-order valence-corrected chi connectivity index (χ4v) is 11.2. The van der Waals surface area contributed by atoms with Crippen molar-refractivity contribution in [2.24, 2.45) is 5.73 Å². The number of carbonyl (C=O) groups is 2. The van der Waals surface area contributed by atoms with Crippen molar-refractivity contribution in [2.45, 2.75) is 354 Å². The van der Waals surface area contributed by atoms with Crippen LogP contribution in [0.1, 0.15) is 348 Å². The topological polar surface area (TPSA) is 134 Å². The van der Waals surface area contributed by atoms with Crippen LogP contribution in [0.5, 0.6) is 0 Å². The molecule has 494 valence electrons. The van der Waals surface area contributed by atoms with Crippen LogP contribution in [-0.2, 0) is 32.7 Å². The molecule has 10 heteroatoms. The Morgan fingerprint density at radius 2 is 0.647 bits per heavy atom. The highest BCUT2D eigenvalue weighted by Crippen LogP contribution is 2.43. The van der Waals surface area contributed by atoms with Crippen molar-refractivity contribution in [2.75, 3.05) is 26.4 Å². The molecule has 0 amide bonds. The van der Waals surface area contributed by atoms with Crippen LogP contribution < -0.4 is 5.73 Å². The van der Waals surface area contributed by atoms with Gasteiger partial charge < -0.3 is 20.1 Å². The molecule has 0 aliphatic heterocycles. The van der Waals surface area contributed by atoms with Crippen molar-refractivity contribution in [3.8, 4) is 0 Å². The van der Waals surface area contributed by atoms with Gasteiger partial charge in [-0.2, -0.15) is 0 Å². The number of allylic oxidation sites excluding steroid dienone is 14. The van der Waals surface area contributed by atoms with Crippen LogP contribution in [0, 0.1) is 0 Å². The molecule has 0 heterocycles. The summed E-state index contributed by atoms with van der Waals surface area (Å²) >= 11 is 0. The van der Waals surface area contributed by atoms with Gasteiger partial charge in [-0.3, -0.25) is 18.6 Å². The summed E-state index contributed by atoms with van der Waals surface area (Å²) < 4.78 is 33.2. The van der Waals surface area contributed by atoms with Gasteiger partial charge in [-0.1, -0.05) is 330 Å². The van der Waals surface area contributed by atoms with Gasteiger partial charge in [-0.15, -0.1) is 0 Å². The number of nitrogens with two attached hydrogens (primary N) is 1. The summed E-state index contributed by atoms with van der Waals surface area (Å²) in [6.45, 7) is 3.66. The molecule has 9 nitrogen and oxygen atoms in total. The summed E-state index contributed by atoms with van der Waals surface area (Å²) in [5.41, 5.74) is 5.40. The number of hydrogen-bond donors (Lipinski definition) is 2. The molecule has 0 aromatic heterocycles. The maximum Gasteiger partial charge on any atom is 0.472 e. The molecule has 0 saturated carbocycles. The highest BCUT2D eigenvalue weighted by atomic mass is 31.2. The van der Waals surface area contributed by atoms with E-state index in [9.17, 15) is 19.0 Å². The standard InChI is InChI=1S/C75H136NO8P/c1-3-5-7-9-11-13-15-17-19-21-23-25-27-28-29-30-31-32-33-34-35-36-37-38-39-40-41-42-43-44-46-47-49-51-53-55-57-59-61-63-65-67-74(77)81-71-73(72-83-85(79,80)82-70-69-76)84-75(78)68-66-64-62-60-58-56-54-52-50-48-45-26-24-22-20-18-16-14-12-10-8-6-4-2/h6,8,12,14-15,17-18,20-21,23-24,26-28,73H,3-5,7,9-11,13,16,19,22,25,29-72,76H2,1-2H3,(H,79,80)/b8-6-,14-12-,17-15-,20-18-,23-21-,26-24-,28-27-. The van der Waals surface area contributed by atoms with E-state index in [4.69, 9.17) is 24.3 Å². The van der Waals surface area contributed by atoms with Gasteiger partial charge in [0.1, 0.15) is 6.61 Å². The van der Waals surface area contributed by atoms with E-state index < -0.39 is 26.5 Å². The van der Waals surface area contributed by atoms with E-state index in [0.717, 1.165) is 83.5 Å². The van der Waals surface area contributed by atoms with Gasteiger partial charge in [-0.05, 0) is 89.9 Å². The zero-order chi connectivity index (χ0) is 61.6. The Morgan fingerprint density at radius 3 is 0.965 bits per heavy atom. The molecular weight excluding hydrogens is 1070 g/mol. The Morgan fingerprint density at radius 1 is 0.365 bits per heavy atom. The first-order valence-electron chi connectivity index (χ1n) is 36.1. The molecule has 0 saturated heterocycles. The molecule has 0 spiro atoms. The molecule has 0 radical (unpaired) electrons. The van der Waals surface area contributed by atoms with Crippen LogP contribution >= 0.6 is 7.82 Å². The first-order valence-corrected chi connectivity index (χ1v) is 37.6. The number of phosphoric acid groups is 1. The van der Waals surface area contributed by atoms with Crippen molar-refractivity contribution >= 4 is 19.8 Å². The van der Waals surface area contributed by atoms with Gasteiger partial charge in [0, 0.05) is 19.4 Å². The minimum Gasteiger partial charge on any atom is -0.462 e. The number of unbranched alkanes of at least 4 members (excludes halogenated alkanes) is 41. The largest absolute Gasteiger partial charge is 0.472 e. The number of phosphoric ester groups is 1. The summed E-state index contributed by atoms with van der Waals surface area (Å²) in [7, 11) is -4.40. The molecule has 3 N–H and O–H groups in total. The predicted molar refractivity (Wildman–Crippen MR) is 367 cm³/mol. The van der Waals surface area contributed by atoms with Crippen molar-refractivity contribution in [1.82, 2.24) is 0 Å². The van der Waals surface area contributed by atoms with Crippen molar-refractivity contribution in [3.63, 3.8) is 0 Å². The number of rotatable bonds is 68. The van der Waals surface area contributed by atoms with Crippen LogP contribution in [0.3, 0.4) is 0 Å². The number of ether oxygens (including phenoxy) is 2. The maximum absolute atomic E-state index is 12.7. The van der Waals surface area contributed by atoms with Crippen LogP contribution in [0.15, 0.2) is 85.1 Å². The summed E-state index contributed by atoms with van der Waals surface area (Å²) in [6, 6.07) is 0. The van der Waals surface area contributed by atoms with Crippen LogP contribution in [0.4, 0.5) is 0 Å². The lowest BCUT2D eigenvalue weighted by Crippen LogP contribution is -2.29. The Bertz CT molecular complexity index is 1670. The molecule has 0 rings (SSSR count). The zero-order valence-electron chi connectivity index (χ0n) is 55.6. The fourth-order valence-electron chi connectivity index (χ4n) is 10.5. The van der Waals surface area contributed by atoms with Crippen molar-refractivity contribution in [1.29, 1.82) is 0 Å². The SMILES string of the molecule is CC/C=C\C/C=C\C/C=C\C/C=C\CCCCCCCCCCCCC(=O)OC(COC(=O)CCCCCCCCCCCCCCCCCCCCCCCCCCCC/C=C\C/C=C\C/C=C\CCCCCCC)COP(=O)(O)OCCN. The lowest BCUT2D eigenvalue weighted by molar-refractivity contribution is -0.161. The minimum atomic E-state index is -4.40. The van der Waals surface area contributed by atoms with Crippen molar-refractivity contribution < 1.29 is 37.6 Å². The fraction of sp³-hybridized carbons (Fsp3) is 0.787.